The molecule has 1 aliphatic rings. The summed E-state index contributed by atoms with van der Waals surface area (Å²) in [4.78, 5) is 21.2. The summed E-state index contributed by atoms with van der Waals surface area (Å²) in [5, 5.41) is 11.3. The first-order valence-electron chi connectivity index (χ1n) is 7.66. The van der Waals surface area contributed by atoms with Crippen LogP contribution in [0.3, 0.4) is 0 Å². The number of nitrogens with one attached hydrogen (secondary N) is 1. The van der Waals surface area contributed by atoms with Crippen LogP contribution in [0.5, 0.6) is 0 Å². The maximum atomic E-state index is 10.5. The van der Waals surface area contributed by atoms with Gasteiger partial charge in [0.1, 0.15) is 6.54 Å². The van der Waals surface area contributed by atoms with E-state index in [2.05, 4.69) is 27.1 Å². The van der Waals surface area contributed by atoms with Crippen molar-refractivity contribution in [3.8, 4) is 0 Å². The Morgan fingerprint density at radius 3 is 2.81 bits per heavy atom. The summed E-state index contributed by atoms with van der Waals surface area (Å²) in [6.45, 7) is 5.25. The minimum atomic E-state index is -0.919. The molecule has 1 atom stereocenters. The summed E-state index contributed by atoms with van der Waals surface area (Å²) in [6.07, 6.45) is 8.70. The average molecular weight is 292 g/mol. The Morgan fingerprint density at radius 2 is 2.14 bits per heavy atom. The van der Waals surface area contributed by atoms with E-state index in [0.29, 0.717) is 5.95 Å². The van der Waals surface area contributed by atoms with E-state index in [0.717, 1.165) is 31.1 Å². The second kappa shape index (κ2) is 7.93. The van der Waals surface area contributed by atoms with Crippen LogP contribution < -0.4 is 5.32 Å². The SMILES string of the molecule is CCC1CCCN(Cc2cnc(NCC(=O)O)nc2)CC1. The zero-order valence-electron chi connectivity index (χ0n) is 12.6. The van der Waals surface area contributed by atoms with Crippen molar-refractivity contribution in [3.63, 3.8) is 0 Å². The highest BCUT2D eigenvalue weighted by Gasteiger charge is 2.15. The van der Waals surface area contributed by atoms with Gasteiger partial charge >= 0.3 is 5.97 Å². The summed E-state index contributed by atoms with van der Waals surface area (Å²) in [5.41, 5.74) is 1.07. The van der Waals surface area contributed by atoms with Gasteiger partial charge in [0.2, 0.25) is 5.95 Å². The van der Waals surface area contributed by atoms with E-state index in [1.54, 1.807) is 12.4 Å². The van der Waals surface area contributed by atoms with Gasteiger partial charge in [0.15, 0.2) is 0 Å². The molecule has 0 amide bonds. The summed E-state index contributed by atoms with van der Waals surface area (Å²) < 4.78 is 0. The lowest BCUT2D eigenvalue weighted by molar-refractivity contribution is -0.134. The Bertz CT molecular complexity index is 449. The predicted octanol–water partition coefficient (Wildman–Crippen LogP) is 1.99. The van der Waals surface area contributed by atoms with Crippen molar-refractivity contribution < 1.29 is 9.90 Å². The number of aliphatic carboxylic acids is 1. The van der Waals surface area contributed by atoms with Crippen LogP contribution in [0.15, 0.2) is 12.4 Å². The quantitative estimate of drug-likeness (QED) is 0.835. The minimum absolute atomic E-state index is 0.163. The van der Waals surface area contributed by atoms with Crippen LogP contribution in [0.1, 0.15) is 38.2 Å². The number of carboxylic acid groups (broad SMARTS) is 1. The molecule has 1 fully saturated rings. The van der Waals surface area contributed by atoms with Crippen molar-refractivity contribution in [3.05, 3.63) is 18.0 Å². The van der Waals surface area contributed by atoms with E-state index in [1.807, 2.05) is 0 Å². The number of rotatable bonds is 6. The molecule has 0 aliphatic carbocycles. The third kappa shape index (κ3) is 5.30. The predicted molar refractivity (Wildman–Crippen MR) is 81.1 cm³/mol. The largest absolute Gasteiger partial charge is 0.480 e. The van der Waals surface area contributed by atoms with Crippen molar-refractivity contribution in [1.29, 1.82) is 0 Å². The van der Waals surface area contributed by atoms with Crippen molar-refractivity contribution >= 4 is 11.9 Å². The third-order valence-corrected chi connectivity index (χ3v) is 4.03. The zero-order valence-corrected chi connectivity index (χ0v) is 12.6. The van der Waals surface area contributed by atoms with Crippen LogP contribution in [-0.2, 0) is 11.3 Å². The standard InChI is InChI=1S/C15H24N4O2/c1-2-12-4-3-6-19(7-5-12)11-13-8-16-15(17-9-13)18-10-14(20)21/h8-9,12H,2-7,10-11H2,1H3,(H,20,21)(H,16,17,18). The van der Waals surface area contributed by atoms with Crippen LogP contribution in [-0.4, -0.2) is 45.6 Å². The van der Waals surface area contributed by atoms with Crippen molar-refractivity contribution in [2.75, 3.05) is 25.0 Å². The summed E-state index contributed by atoms with van der Waals surface area (Å²) in [7, 11) is 0. The molecule has 0 radical (unpaired) electrons. The Balaban J connectivity index is 1.83. The molecule has 116 valence electrons. The molecule has 2 heterocycles. The first-order valence-corrected chi connectivity index (χ1v) is 7.66. The molecule has 2 rings (SSSR count). The normalized spacial score (nSPS) is 20.0. The lowest BCUT2D eigenvalue weighted by atomic mass is 9.98. The van der Waals surface area contributed by atoms with Gasteiger partial charge in [0, 0.05) is 24.5 Å². The number of nitrogens with zero attached hydrogens (tertiary/aromatic N) is 3. The molecular weight excluding hydrogens is 268 g/mol. The molecule has 1 saturated heterocycles. The molecular formula is C15H24N4O2. The highest BCUT2D eigenvalue weighted by Crippen LogP contribution is 2.21. The fourth-order valence-corrected chi connectivity index (χ4v) is 2.73. The molecule has 0 saturated carbocycles. The number of aromatic nitrogens is 2. The molecule has 0 spiro atoms. The second-order valence-corrected chi connectivity index (χ2v) is 5.64. The number of carbonyl (C=O) groups is 1. The second-order valence-electron chi connectivity index (χ2n) is 5.64. The molecule has 1 aromatic heterocycles. The van der Waals surface area contributed by atoms with Crippen molar-refractivity contribution in [1.82, 2.24) is 14.9 Å². The molecule has 1 aliphatic heterocycles. The summed E-state index contributed by atoms with van der Waals surface area (Å²) >= 11 is 0. The van der Waals surface area contributed by atoms with Crippen LogP contribution in [0.25, 0.3) is 0 Å². The van der Waals surface area contributed by atoms with Crippen molar-refractivity contribution in [2.24, 2.45) is 5.92 Å². The van der Waals surface area contributed by atoms with E-state index < -0.39 is 5.97 Å². The van der Waals surface area contributed by atoms with Gasteiger partial charge in [0.05, 0.1) is 0 Å². The van der Waals surface area contributed by atoms with Gasteiger partial charge in [-0.15, -0.1) is 0 Å². The smallest absolute Gasteiger partial charge is 0.322 e. The number of carboxylic acids is 1. The fraction of sp³-hybridized carbons (Fsp3) is 0.667. The zero-order chi connectivity index (χ0) is 15.1. The lowest BCUT2D eigenvalue weighted by Gasteiger charge is -2.19. The lowest BCUT2D eigenvalue weighted by Crippen LogP contribution is -2.24. The molecule has 6 nitrogen and oxygen atoms in total. The molecule has 6 heteroatoms. The first-order chi connectivity index (χ1) is 10.2. The molecule has 1 unspecified atom stereocenters. The fourth-order valence-electron chi connectivity index (χ4n) is 2.73. The number of likely N-dealkylation sites (tertiary alicyclic amines) is 1. The molecule has 1 aromatic rings. The van der Waals surface area contributed by atoms with Gasteiger partial charge in [-0.2, -0.15) is 0 Å². The minimum Gasteiger partial charge on any atom is -0.480 e. The first kappa shape index (κ1) is 15.7. The van der Waals surface area contributed by atoms with Crippen LogP contribution in [0.4, 0.5) is 5.95 Å². The highest BCUT2D eigenvalue weighted by molar-refractivity contribution is 5.71. The average Bonchev–Trinajstić information content (AvgIpc) is 2.71. The van der Waals surface area contributed by atoms with Gasteiger partial charge < -0.3 is 10.4 Å². The van der Waals surface area contributed by atoms with Gasteiger partial charge in [0.25, 0.3) is 0 Å². The van der Waals surface area contributed by atoms with E-state index in [9.17, 15) is 4.79 Å². The number of hydrogen-bond acceptors (Lipinski definition) is 5. The summed E-state index contributed by atoms with van der Waals surface area (Å²) in [5.74, 6) is 0.314. The Hall–Kier alpha value is -1.69. The maximum absolute atomic E-state index is 10.5. The van der Waals surface area contributed by atoms with Crippen molar-refractivity contribution in [2.45, 2.75) is 39.2 Å². The number of anilines is 1. The summed E-state index contributed by atoms with van der Waals surface area (Å²) in [6, 6.07) is 0. The third-order valence-electron chi connectivity index (χ3n) is 4.03. The van der Waals surface area contributed by atoms with E-state index >= 15 is 0 Å². The molecule has 21 heavy (non-hydrogen) atoms. The Kier molecular flexibility index (Phi) is 5.92. The van der Waals surface area contributed by atoms with E-state index in [4.69, 9.17) is 5.11 Å². The maximum Gasteiger partial charge on any atom is 0.322 e. The highest BCUT2D eigenvalue weighted by atomic mass is 16.4. The van der Waals surface area contributed by atoms with Gasteiger partial charge in [-0.25, -0.2) is 9.97 Å². The molecule has 0 bridgehead atoms. The van der Waals surface area contributed by atoms with E-state index in [1.165, 1.54) is 25.7 Å². The monoisotopic (exact) mass is 292 g/mol. The van der Waals surface area contributed by atoms with E-state index in [-0.39, 0.29) is 6.54 Å². The topological polar surface area (TPSA) is 78.4 Å². The Labute approximate surface area is 125 Å². The van der Waals surface area contributed by atoms with Crippen LogP contribution >= 0.6 is 0 Å². The van der Waals surface area contributed by atoms with Gasteiger partial charge in [-0.3, -0.25) is 9.69 Å². The number of hydrogen-bond donors (Lipinski definition) is 2. The molecule has 2 N–H and O–H groups in total. The van der Waals surface area contributed by atoms with Gasteiger partial charge in [-0.05, 0) is 38.3 Å². The van der Waals surface area contributed by atoms with Crippen LogP contribution in [0.2, 0.25) is 0 Å². The Morgan fingerprint density at radius 1 is 1.38 bits per heavy atom. The molecule has 0 aromatic carbocycles. The van der Waals surface area contributed by atoms with Crippen LogP contribution in [0, 0.1) is 5.92 Å². The van der Waals surface area contributed by atoms with Gasteiger partial charge in [-0.1, -0.05) is 13.3 Å².